The first-order valence-corrected chi connectivity index (χ1v) is 10.6. The molecule has 2 aromatic carbocycles. The predicted molar refractivity (Wildman–Crippen MR) is 122 cm³/mol. The lowest BCUT2D eigenvalue weighted by atomic mass is 10.0. The van der Waals surface area contributed by atoms with E-state index >= 15 is 0 Å². The number of hydrogen-bond acceptors (Lipinski definition) is 4. The number of hydrogen-bond donors (Lipinski definition) is 2. The van der Waals surface area contributed by atoms with Gasteiger partial charge in [-0.15, -0.1) is 11.3 Å². The molecule has 0 saturated carbocycles. The molecule has 30 heavy (non-hydrogen) atoms. The Morgan fingerprint density at radius 1 is 1.00 bits per heavy atom. The molecule has 0 saturated heterocycles. The van der Waals surface area contributed by atoms with Crippen LogP contribution in [0.2, 0.25) is 0 Å². The summed E-state index contributed by atoms with van der Waals surface area (Å²) < 4.78 is 5.10. The van der Waals surface area contributed by atoms with Gasteiger partial charge in [0.15, 0.2) is 0 Å². The van der Waals surface area contributed by atoms with Crippen molar-refractivity contribution in [3.63, 3.8) is 0 Å². The van der Waals surface area contributed by atoms with Crippen LogP contribution in [0.4, 0.5) is 5.69 Å². The standard InChI is InChI=1S/C24H26N2O3S/c1-15-5-7-18(8-6-15)19-11-20(23(27)25-17(3)14-29-4)13-21(12-19)26-24(28)22-16(2)9-10-30-22/h5-13,17H,14H2,1-4H3,(H,25,27)(H,26,28). The van der Waals surface area contributed by atoms with Crippen molar-refractivity contribution >= 4 is 28.8 Å². The van der Waals surface area contributed by atoms with Gasteiger partial charge in [-0.3, -0.25) is 9.59 Å². The van der Waals surface area contributed by atoms with E-state index in [1.165, 1.54) is 11.3 Å². The third kappa shape index (κ3) is 5.34. The number of rotatable bonds is 7. The number of carbonyl (C=O) groups is 2. The molecule has 0 spiro atoms. The van der Waals surface area contributed by atoms with Gasteiger partial charge in [-0.25, -0.2) is 0 Å². The van der Waals surface area contributed by atoms with Gasteiger partial charge in [-0.2, -0.15) is 0 Å². The maximum atomic E-state index is 12.8. The van der Waals surface area contributed by atoms with Crippen LogP contribution in [0.5, 0.6) is 0 Å². The molecular formula is C24H26N2O3S. The number of nitrogens with one attached hydrogen (secondary N) is 2. The van der Waals surface area contributed by atoms with E-state index in [9.17, 15) is 9.59 Å². The Hall–Kier alpha value is -2.96. The molecule has 1 heterocycles. The summed E-state index contributed by atoms with van der Waals surface area (Å²) in [7, 11) is 1.60. The molecule has 156 valence electrons. The van der Waals surface area contributed by atoms with Crippen LogP contribution in [-0.2, 0) is 4.74 Å². The third-order valence-electron chi connectivity index (χ3n) is 4.70. The second-order valence-electron chi connectivity index (χ2n) is 7.38. The van der Waals surface area contributed by atoms with Gasteiger partial charge >= 0.3 is 0 Å². The topological polar surface area (TPSA) is 67.4 Å². The molecule has 1 aromatic heterocycles. The fraction of sp³-hybridized carbons (Fsp3) is 0.250. The Morgan fingerprint density at radius 3 is 2.37 bits per heavy atom. The van der Waals surface area contributed by atoms with E-state index in [1.54, 1.807) is 13.2 Å². The van der Waals surface area contributed by atoms with Crippen LogP contribution in [0.25, 0.3) is 11.1 Å². The molecule has 1 unspecified atom stereocenters. The monoisotopic (exact) mass is 422 g/mol. The minimum absolute atomic E-state index is 0.127. The fourth-order valence-electron chi connectivity index (χ4n) is 3.14. The van der Waals surface area contributed by atoms with Crippen LogP contribution >= 0.6 is 11.3 Å². The summed E-state index contributed by atoms with van der Waals surface area (Å²) >= 11 is 1.40. The lowest BCUT2D eigenvalue weighted by molar-refractivity contribution is 0.0905. The summed E-state index contributed by atoms with van der Waals surface area (Å²) in [4.78, 5) is 26.2. The second kappa shape index (κ2) is 9.69. The number of anilines is 1. The highest BCUT2D eigenvalue weighted by Crippen LogP contribution is 2.27. The molecule has 2 N–H and O–H groups in total. The smallest absolute Gasteiger partial charge is 0.265 e. The van der Waals surface area contributed by atoms with Crippen molar-refractivity contribution in [3.05, 3.63) is 75.5 Å². The number of aryl methyl sites for hydroxylation is 2. The van der Waals surface area contributed by atoms with Gasteiger partial charge in [0, 0.05) is 24.4 Å². The SMILES string of the molecule is COCC(C)NC(=O)c1cc(NC(=O)c2sccc2C)cc(-c2ccc(C)cc2)c1. The summed E-state index contributed by atoms with van der Waals surface area (Å²) in [5.74, 6) is -0.390. The Bertz CT molecular complexity index is 1040. The van der Waals surface area contributed by atoms with E-state index in [0.29, 0.717) is 22.7 Å². The summed E-state index contributed by atoms with van der Waals surface area (Å²) in [6.07, 6.45) is 0. The van der Waals surface area contributed by atoms with Crippen molar-refractivity contribution in [2.45, 2.75) is 26.8 Å². The van der Waals surface area contributed by atoms with Gasteiger partial charge in [0.1, 0.15) is 0 Å². The first-order chi connectivity index (χ1) is 14.4. The van der Waals surface area contributed by atoms with Crippen LogP contribution in [0.1, 0.15) is 38.1 Å². The molecule has 0 fully saturated rings. The Morgan fingerprint density at radius 2 is 1.73 bits per heavy atom. The largest absolute Gasteiger partial charge is 0.383 e. The number of benzene rings is 2. The van der Waals surface area contributed by atoms with Crippen molar-refractivity contribution in [1.29, 1.82) is 0 Å². The Balaban J connectivity index is 1.95. The molecule has 0 aliphatic rings. The van der Waals surface area contributed by atoms with E-state index in [0.717, 1.165) is 22.3 Å². The first-order valence-electron chi connectivity index (χ1n) is 9.74. The summed E-state index contributed by atoms with van der Waals surface area (Å²) in [6.45, 7) is 6.24. The Labute approximate surface area is 181 Å². The van der Waals surface area contributed by atoms with Gasteiger partial charge in [-0.05, 0) is 67.1 Å². The minimum Gasteiger partial charge on any atom is -0.383 e. The van der Waals surface area contributed by atoms with Crippen molar-refractivity contribution in [1.82, 2.24) is 5.32 Å². The molecule has 2 amide bonds. The van der Waals surface area contributed by atoms with Gasteiger partial charge in [-0.1, -0.05) is 29.8 Å². The van der Waals surface area contributed by atoms with Gasteiger partial charge in [0.05, 0.1) is 11.5 Å². The van der Waals surface area contributed by atoms with E-state index in [4.69, 9.17) is 4.74 Å². The average molecular weight is 423 g/mol. The van der Waals surface area contributed by atoms with Gasteiger partial charge in [0.2, 0.25) is 0 Å². The number of methoxy groups -OCH3 is 1. The molecule has 0 bridgehead atoms. The van der Waals surface area contributed by atoms with Crippen molar-refractivity contribution < 1.29 is 14.3 Å². The molecule has 3 aromatic rings. The Kier molecular flexibility index (Phi) is 7.03. The fourth-order valence-corrected chi connectivity index (χ4v) is 3.96. The normalized spacial score (nSPS) is 11.7. The van der Waals surface area contributed by atoms with Gasteiger partial charge < -0.3 is 15.4 Å². The van der Waals surface area contributed by atoms with Crippen LogP contribution in [0.15, 0.2) is 53.9 Å². The number of carbonyl (C=O) groups excluding carboxylic acids is 2. The van der Waals surface area contributed by atoms with Crippen molar-refractivity contribution in [3.8, 4) is 11.1 Å². The lowest BCUT2D eigenvalue weighted by Crippen LogP contribution is -2.35. The zero-order chi connectivity index (χ0) is 21.7. The maximum Gasteiger partial charge on any atom is 0.265 e. The van der Waals surface area contributed by atoms with Crippen LogP contribution in [0.3, 0.4) is 0 Å². The lowest BCUT2D eigenvalue weighted by Gasteiger charge is -2.15. The van der Waals surface area contributed by atoms with E-state index < -0.39 is 0 Å². The summed E-state index contributed by atoms with van der Waals surface area (Å²) in [5.41, 5.74) is 4.98. The summed E-state index contributed by atoms with van der Waals surface area (Å²) in [5, 5.41) is 7.77. The average Bonchev–Trinajstić information content (AvgIpc) is 3.14. The zero-order valence-electron chi connectivity index (χ0n) is 17.6. The van der Waals surface area contributed by atoms with E-state index in [-0.39, 0.29) is 17.9 Å². The van der Waals surface area contributed by atoms with Crippen molar-refractivity contribution in [2.75, 3.05) is 19.0 Å². The van der Waals surface area contributed by atoms with E-state index in [2.05, 4.69) is 10.6 Å². The van der Waals surface area contributed by atoms with Crippen LogP contribution in [0, 0.1) is 13.8 Å². The third-order valence-corrected chi connectivity index (χ3v) is 5.72. The van der Waals surface area contributed by atoms with Gasteiger partial charge in [0.25, 0.3) is 11.8 Å². The molecule has 6 heteroatoms. The van der Waals surface area contributed by atoms with Crippen LogP contribution in [-0.4, -0.2) is 31.6 Å². The number of ether oxygens (including phenoxy) is 1. The molecule has 1 atom stereocenters. The van der Waals surface area contributed by atoms with E-state index in [1.807, 2.05) is 68.6 Å². The molecule has 5 nitrogen and oxygen atoms in total. The predicted octanol–water partition coefficient (Wildman–Crippen LogP) is 5.05. The molecule has 0 aliphatic carbocycles. The molecular weight excluding hydrogens is 396 g/mol. The first kappa shape index (κ1) is 21.7. The highest BCUT2D eigenvalue weighted by molar-refractivity contribution is 7.12. The minimum atomic E-state index is -0.212. The number of thiophene rings is 1. The molecule has 0 radical (unpaired) electrons. The second-order valence-corrected chi connectivity index (χ2v) is 8.30. The molecule has 0 aliphatic heterocycles. The molecule has 3 rings (SSSR count). The van der Waals surface area contributed by atoms with Crippen LogP contribution < -0.4 is 10.6 Å². The number of amides is 2. The highest BCUT2D eigenvalue weighted by Gasteiger charge is 2.15. The summed E-state index contributed by atoms with van der Waals surface area (Å²) in [6, 6.07) is 15.3. The quantitative estimate of drug-likeness (QED) is 0.560. The maximum absolute atomic E-state index is 12.8. The highest BCUT2D eigenvalue weighted by atomic mass is 32.1. The zero-order valence-corrected chi connectivity index (χ0v) is 18.4. The van der Waals surface area contributed by atoms with Crippen molar-refractivity contribution in [2.24, 2.45) is 0 Å².